The Morgan fingerprint density at radius 1 is 1.33 bits per heavy atom. The van der Waals surface area contributed by atoms with E-state index in [0.29, 0.717) is 5.92 Å². The molecule has 4 unspecified atom stereocenters. The Labute approximate surface area is 148 Å². The highest BCUT2D eigenvalue weighted by molar-refractivity contribution is 6.21. The Balaban J connectivity index is 1.44. The molecule has 2 aliphatic heterocycles. The summed E-state index contributed by atoms with van der Waals surface area (Å²) in [5.74, 6) is 0.690. The van der Waals surface area contributed by atoms with Gasteiger partial charge in [0, 0.05) is 24.2 Å². The zero-order chi connectivity index (χ0) is 16.7. The summed E-state index contributed by atoms with van der Waals surface area (Å²) in [6.45, 7) is 3.09. The van der Waals surface area contributed by atoms with Crippen LogP contribution in [0.2, 0.25) is 0 Å². The lowest BCUT2D eigenvalue weighted by Crippen LogP contribution is -2.59. The van der Waals surface area contributed by atoms with E-state index in [1.54, 1.807) is 0 Å². The first-order valence-electron chi connectivity index (χ1n) is 9.16. The minimum absolute atomic E-state index is 0.110. The molecule has 0 spiro atoms. The van der Waals surface area contributed by atoms with Crippen molar-refractivity contribution < 1.29 is 4.79 Å². The maximum absolute atomic E-state index is 12.9. The summed E-state index contributed by atoms with van der Waals surface area (Å²) in [7, 11) is 0. The van der Waals surface area contributed by atoms with Crippen LogP contribution in [0, 0.1) is 12.8 Å². The molecule has 3 N–H and O–H groups in total. The summed E-state index contributed by atoms with van der Waals surface area (Å²) in [6, 6.07) is 6.45. The molecular weight excluding hydrogens is 322 g/mol. The first-order chi connectivity index (χ1) is 11.6. The van der Waals surface area contributed by atoms with Gasteiger partial charge in [-0.25, -0.2) is 0 Å². The van der Waals surface area contributed by atoms with Gasteiger partial charge in [-0.05, 0) is 56.2 Å². The van der Waals surface area contributed by atoms with Crippen molar-refractivity contribution in [2.75, 3.05) is 11.9 Å². The van der Waals surface area contributed by atoms with E-state index in [4.69, 9.17) is 11.6 Å². The number of para-hydroxylation sites is 1. The van der Waals surface area contributed by atoms with Crippen LogP contribution in [0.15, 0.2) is 18.2 Å². The Bertz CT molecular complexity index is 631. The fraction of sp³-hybridized carbons (Fsp3) is 0.632. The summed E-state index contributed by atoms with van der Waals surface area (Å²) in [4.78, 5) is 12.9. The molecule has 130 valence electrons. The second-order valence-electron chi connectivity index (χ2n) is 7.52. The molecule has 1 amide bonds. The predicted molar refractivity (Wildman–Crippen MR) is 97.6 cm³/mol. The van der Waals surface area contributed by atoms with Crippen LogP contribution in [-0.2, 0) is 11.2 Å². The van der Waals surface area contributed by atoms with Crippen LogP contribution in [-0.4, -0.2) is 36.0 Å². The van der Waals surface area contributed by atoms with Gasteiger partial charge in [-0.2, -0.15) is 0 Å². The molecule has 4 atom stereocenters. The van der Waals surface area contributed by atoms with Crippen molar-refractivity contribution in [1.82, 2.24) is 10.6 Å². The number of halogens is 1. The number of hydrogen-bond donors (Lipinski definition) is 3. The molecule has 3 aliphatic rings. The molecule has 4 nitrogen and oxygen atoms in total. The highest BCUT2D eigenvalue weighted by Crippen LogP contribution is 2.37. The number of carbonyl (C=O) groups is 1. The van der Waals surface area contributed by atoms with Crippen molar-refractivity contribution in [2.45, 2.75) is 62.5 Å². The fourth-order valence-electron chi connectivity index (χ4n) is 4.15. The molecule has 2 heterocycles. The first kappa shape index (κ1) is 16.2. The number of anilines is 1. The van der Waals surface area contributed by atoms with Gasteiger partial charge in [0.1, 0.15) is 6.04 Å². The lowest BCUT2D eigenvalue weighted by Gasteiger charge is -2.36. The van der Waals surface area contributed by atoms with Gasteiger partial charge >= 0.3 is 0 Å². The largest absolute Gasteiger partial charge is 0.373 e. The zero-order valence-electron chi connectivity index (χ0n) is 14.1. The summed E-state index contributed by atoms with van der Waals surface area (Å²) < 4.78 is 0. The Morgan fingerprint density at radius 2 is 2.17 bits per heavy atom. The second kappa shape index (κ2) is 6.57. The highest BCUT2D eigenvalue weighted by Gasteiger charge is 2.42. The number of carbonyl (C=O) groups excluding carboxylic acids is 1. The SMILES string of the molecule is Cc1cccc2c1NC(C(=O)NC(C1CC1)C1NCCCC1Cl)C2. The molecule has 0 aromatic heterocycles. The van der Waals surface area contributed by atoms with Crippen LogP contribution < -0.4 is 16.0 Å². The fourth-order valence-corrected chi connectivity index (χ4v) is 4.55. The molecule has 0 bridgehead atoms. The van der Waals surface area contributed by atoms with Gasteiger partial charge < -0.3 is 16.0 Å². The summed E-state index contributed by atoms with van der Waals surface area (Å²) >= 11 is 6.56. The number of benzene rings is 1. The van der Waals surface area contributed by atoms with E-state index < -0.39 is 0 Å². The van der Waals surface area contributed by atoms with Crippen molar-refractivity contribution in [3.05, 3.63) is 29.3 Å². The monoisotopic (exact) mass is 347 g/mol. The molecule has 24 heavy (non-hydrogen) atoms. The average molecular weight is 348 g/mol. The van der Waals surface area contributed by atoms with Crippen molar-refractivity contribution in [3.63, 3.8) is 0 Å². The quantitative estimate of drug-likeness (QED) is 0.734. The molecule has 0 radical (unpaired) electrons. The zero-order valence-corrected chi connectivity index (χ0v) is 14.9. The number of amides is 1. The molecule has 1 aromatic carbocycles. The maximum Gasteiger partial charge on any atom is 0.243 e. The van der Waals surface area contributed by atoms with Crippen LogP contribution in [0.25, 0.3) is 0 Å². The number of hydrogen-bond acceptors (Lipinski definition) is 3. The molecule has 1 aliphatic carbocycles. The number of nitrogens with one attached hydrogen (secondary N) is 3. The third kappa shape index (κ3) is 3.14. The average Bonchev–Trinajstić information content (AvgIpc) is 3.31. The Hall–Kier alpha value is -1.26. The van der Waals surface area contributed by atoms with Crippen LogP contribution in [0.4, 0.5) is 5.69 Å². The summed E-state index contributed by atoms with van der Waals surface area (Å²) in [5.41, 5.74) is 3.58. The highest BCUT2D eigenvalue weighted by atomic mass is 35.5. The predicted octanol–water partition coefficient (Wildman–Crippen LogP) is 2.59. The van der Waals surface area contributed by atoms with Crippen LogP contribution in [0.3, 0.4) is 0 Å². The van der Waals surface area contributed by atoms with Gasteiger partial charge in [0.2, 0.25) is 5.91 Å². The lowest BCUT2D eigenvalue weighted by atomic mass is 9.93. The molecular formula is C19H26ClN3O. The van der Waals surface area contributed by atoms with E-state index in [2.05, 4.69) is 41.1 Å². The molecule has 2 fully saturated rings. The summed E-state index contributed by atoms with van der Waals surface area (Å²) in [5, 5.41) is 10.4. The molecule has 5 heteroatoms. The lowest BCUT2D eigenvalue weighted by molar-refractivity contribution is -0.122. The Kier molecular flexibility index (Phi) is 4.44. The third-order valence-corrected chi connectivity index (χ3v) is 6.16. The van der Waals surface area contributed by atoms with E-state index >= 15 is 0 Å². The minimum Gasteiger partial charge on any atom is -0.373 e. The normalized spacial score (nSPS) is 30.3. The van der Waals surface area contributed by atoms with Gasteiger partial charge in [0.25, 0.3) is 0 Å². The van der Waals surface area contributed by atoms with Gasteiger partial charge in [-0.1, -0.05) is 18.2 Å². The van der Waals surface area contributed by atoms with Gasteiger partial charge in [0.15, 0.2) is 0 Å². The topological polar surface area (TPSA) is 53.2 Å². The van der Waals surface area contributed by atoms with Crippen molar-refractivity contribution in [2.24, 2.45) is 5.92 Å². The van der Waals surface area contributed by atoms with E-state index in [-0.39, 0.29) is 29.4 Å². The second-order valence-corrected chi connectivity index (χ2v) is 8.08. The van der Waals surface area contributed by atoms with Crippen LogP contribution in [0.5, 0.6) is 0 Å². The number of fused-ring (bicyclic) bond motifs is 1. The number of alkyl halides is 1. The van der Waals surface area contributed by atoms with Crippen LogP contribution in [0.1, 0.15) is 36.8 Å². The molecule has 1 saturated carbocycles. The van der Waals surface area contributed by atoms with Gasteiger partial charge in [0.05, 0.1) is 5.38 Å². The molecule has 1 aromatic rings. The minimum atomic E-state index is -0.167. The smallest absolute Gasteiger partial charge is 0.243 e. The van der Waals surface area contributed by atoms with E-state index in [0.717, 1.165) is 31.5 Å². The van der Waals surface area contributed by atoms with E-state index in [9.17, 15) is 4.79 Å². The number of aryl methyl sites for hydroxylation is 1. The van der Waals surface area contributed by atoms with Gasteiger partial charge in [-0.15, -0.1) is 11.6 Å². The standard InChI is InChI=1S/C19H26ClN3O/c1-11-4-2-5-13-10-15(22-16(11)13)19(24)23-17(12-7-8-12)18-14(20)6-3-9-21-18/h2,4-5,12,14-15,17-18,21-22H,3,6-10H2,1H3,(H,23,24). The van der Waals surface area contributed by atoms with Crippen molar-refractivity contribution >= 4 is 23.2 Å². The number of rotatable bonds is 4. The third-order valence-electron chi connectivity index (χ3n) is 5.67. The van der Waals surface area contributed by atoms with Gasteiger partial charge in [-0.3, -0.25) is 4.79 Å². The van der Waals surface area contributed by atoms with Crippen LogP contribution >= 0.6 is 11.6 Å². The maximum atomic E-state index is 12.9. The van der Waals surface area contributed by atoms with E-state index in [1.165, 1.54) is 24.0 Å². The van der Waals surface area contributed by atoms with E-state index in [1.807, 2.05) is 0 Å². The van der Waals surface area contributed by atoms with Crippen molar-refractivity contribution in [1.29, 1.82) is 0 Å². The number of piperidine rings is 1. The summed E-state index contributed by atoms with van der Waals surface area (Å²) in [6.07, 6.45) is 5.32. The van der Waals surface area contributed by atoms with Crippen molar-refractivity contribution in [3.8, 4) is 0 Å². The molecule has 1 saturated heterocycles. The Morgan fingerprint density at radius 3 is 2.88 bits per heavy atom. The first-order valence-corrected chi connectivity index (χ1v) is 9.60. The molecule has 4 rings (SSSR count).